The standard InChI is InChI=1S/C22H39N3O3.HI/c1-6-22(7-2,17-26)16-25-21(23-8-3)24-15-19-11-10-18(4)14-20(19)28-13-9-12-27-5;/h10-11,14,26H,6-9,12-13,15-17H2,1-5H3,(H2,23,24,25);1H. The molecule has 0 unspecified atom stereocenters. The lowest BCUT2D eigenvalue weighted by Gasteiger charge is -2.30. The van der Waals surface area contributed by atoms with E-state index in [0.717, 1.165) is 48.6 Å². The number of nitrogens with zero attached hydrogens (tertiary/aromatic N) is 1. The summed E-state index contributed by atoms with van der Waals surface area (Å²) < 4.78 is 11.0. The van der Waals surface area contributed by atoms with E-state index in [1.165, 1.54) is 0 Å². The number of hydrogen-bond acceptors (Lipinski definition) is 4. The molecule has 168 valence electrons. The van der Waals surface area contributed by atoms with Gasteiger partial charge in [0.1, 0.15) is 5.75 Å². The normalized spacial score (nSPS) is 11.7. The third-order valence-electron chi connectivity index (χ3n) is 5.19. The third kappa shape index (κ3) is 10.00. The second-order valence-corrected chi connectivity index (χ2v) is 7.22. The van der Waals surface area contributed by atoms with Crippen LogP contribution in [0, 0.1) is 12.3 Å². The van der Waals surface area contributed by atoms with Crippen LogP contribution in [0.5, 0.6) is 5.75 Å². The highest BCUT2D eigenvalue weighted by Gasteiger charge is 2.25. The molecule has 0 radical (unpaired) electrons. The van der Waals surface area contributed by atoms with Gasteiger partial charge in [0.15, 0.2) is 5.96 Å². The first kappa shape index (κ1) is 27.9. The molecule has 1 aromatic carbocycles. The minimum Gasteiger partial charge on any atom is -0.493 e. The number of nitrogens with one attached hydrogen (secondary N) is 2. The second-order valence-electron chi connectivity index (χ2n) is 7.22. The molecule has 0 heterocycles. The molecule has 0 spiro atoms. The maximum absolute atomic E-state index is 9.78. The van der Waals surface area contributed by atoms with Gasteiger partial charge in [-0.15, -0.1) is 24.0 Å². The number of aliphatic imine (C=N–C) groups is 1. The van der Waals surface area contributed by atoms with Crippen molar-refractivity contribution in [3.8, 4) is 5.75 Å². The molecular formula is C22H40IN3O3. The number of halogens is 1. The van der Waals surface area contributed by atoms with Crippen molar-refractivity contribution in [3.63, 3.8) is 0 Å². The van der Waals surface area contributed by atoms with E-state index in [2.05, 4.69) is 49.6 Å². The number of guanidine groups is 1. The van der Waals surface area contributed by atoms with Gasteiger partial charge in [-0.3, -0.25) is 0 Å². The Hall–Kier alpha value is -1.06. The molecule has 0 saturated carbocycles. The first-order valence-electron chi connectivity index (χ1n) is 10.4. The number of aryl methyl sites for hydroxylation is 1. The quantitative estimate of drug-likeness (QED) is 0.159. The molecule has 0 aliphatic heterocycles. The Balaban J connectivity index is 0.00000784. The maximum Gasteiger partial charge on any atom is 0.191 e. The summed E-state index contributed by atoms with van der Waals surface area (Å²) in [6, 6.07) is 6.21. The smallest absolute Gasteiger partial charge is 0.191 e. The summed E-state index contributed by atoms with van der Waals surface area (Å²) in [6.45, 7) is 11.8. The van der Waals surface area contributed by atoms with Crippen molar-refractivity contribution < 1.29 is 14.6 Å². The maximum atomic E-state index is 9.78. The average Bonchev–Trinajstić information content (AvgIpc) is 2.71. The summed E-state index contributed by atoms with van der Waals surface area (Å²) in [6.07, 6.45) is 2.70. The number of aliphatic hydroxyl groups excluding tert-OH is 1. The van der Waals surface area contributed by atoms with Gasteiger partial charge in [0.05, 0.1) is 19.8 Å². The Morgan fingerprint density at radius 2 is 1.86 bits per heavy atom. The lowest BCUT2D eigenvalue weighted by molar-refractivity contribution is 0.118. The Morgan fingerprint density at radius 1 is 1.14 bits per heavy atom. The van der Waals surface area contributed by atoms with Gasteiger partial charge in [0, 0.05) is 44.2 Å². The van der Waals surface area contributed by atoms with Crippen molar-refractivity contribution in [3.05, 3.63) is 29.3 Å². The molecule has 1 rings (SSSR count). The number of benzene rings is 1. The van der Waals surface area contributed by atoms with E-state index in [1.807, 2.05) is 6.92 Å². The van der Waals surface area contributed by atoms with Crippen molar-refractivity contribution in [1.82, 2.24) is 10.6 Å². The van der Waals surface area contributed by atoms with Gasteiger partial charge in [0.25, 0.3) is 0 Å². The molecule has 0 aliphatic rings. The van der Waals surface area contributed by atoms with E-state index in [9.17, 15) is 5.11 Å². The summed E-state index contributed by atoms with van der Waals surface area (Å²) in [5.41, 5.74) is 2.10. The SMILES string of the molecule is CCNC(=NCc1ccc(C)cc1OCCCOC)NCC(CC)(CC)CO.I. The number of hydrogen-bond donors (Lipinski definition) is 3. The zero-order valence-corrected chi connectivity index (χ0v) is 21.0. The molecule has 6 nitrogen and oxygen atoms in total. The molecule has 1 aromatic rings. The number of aliphatic hydroxyl groups is 1. The minimum atomic E-state index is -0.115. The van der Waals surface area contributed by atoms with E-state index in [4.69, 9.17) is 14.5 Å². The van der Waals surface area contributed by atoms with Crippen LogP contribution >= 0.6 is 24.0 Å². The van der Waals surface area contributed by atoms with Crippen molar-refractivity contribution >= 4 is 29.9 Å². The Bertz CT molecular complexity index is 584. The molecule has 0 saturated heterocycles. The van der Waals surface area contributed by atoms with Crippen molar-refractivity contribution in [1.29, 1.82) is 0 Å². The summed E-state index contributed by atoms with van der Waals surface area (Å²) >= 11 is 0. The molecule has 29 heavy (non-hydrogen) atoms. The molecule has 3 N–H and O–H groups in total. The Labute approximate surface area is 193 Å². The van der Waals surface area contributed by atoms with Gasteiger partial charge in [-0.2, -0.15) is 0 Å². The van der Waals surface area contributed by atoms with E-state index in [1.54, 1.807) is 7.11 Å². The summed E-state index contributed by atoms with van der Waals surface area (Å²) in [7, 11) is 1.70. The number of ether oxygens (including phenoxy) is 2. The van der Waals surface area contributed by atoms with Crippen LogP contribution in [0.25, 0.3) is 0 Å². The van der Waals surface area contributed by atoms with Crippen LogP contribution in [0.2, 0.25) is 0 Å². The fourth-order valence-corrected chi connectivity index (χ4v) is 2.87. The summed E-state index contributed by atoms with van der Waals surface area (Å²) in [5.74, 6) is 1.63. The van der Waals surface area contributed by atoms with Crippen LogP contribution in [0.15, 0.2) is 23.2 Å². The monoisotopic (exact) mass is 521 g/mol. The number of rotatable bonds is 13. The molecule has 0 bridgehead atoms. The minimum absolute atomic E-state index is 0. The topological polar surface area (TPSA) is 75.1 Å². The van der Waals surface area contributed by atoms with Crippen LogP contribution in [-0.2, 0) is 11.3 Å². The summed E-state index contributed by atoms with van der Waals surface area (Å²) in [5, 5.41) is 16.5. The van der Waals surface area contributed by atoms with E-state index >= 15 is 0 Å². The number of methoxy groups -OCH3 is 1. The lowest BCUT2D eigenvalue weighted by Crippen LogP contribution is -2.44. The van der Waals surface area contributed by atoms with Crippen molar-refractivity contribution in [2.75, 3.05) is 40.0 Å². The highest BCUT2D eigenvalue weighted by atomic mass is 127. The first-order chi connectivity index (χ1) is 13.5. The molecule has 0 atom stereocenters. The van der Waals surface area contributed by atoms with Crippen molar-refractivity contribution in [2.24, 2.45) is 10.4 Å². The molecule has 0 aromatic heterocycles. The van der Waals surface area contributed by atoms with Gasteiger partial charge in [-0.25, -0.2) is 4.99 Å². The van der Waals surface area contributed by atoms with Gasteiger partial charge in [0.2, 0.25) is 0 Å². The van der Waals surface area contributed by atoms with Gasteiger partial charge >= 0.3 is 0 Å². The molecule has 0 fully saturated rings. The highest BCUT2D eigenvalue weighted by molar-refractivity contribution is 14.0. The summed E-state index contributed by atoms with van der Waals surface area (Å²) in [4.78, 5) is 4.73. The lowest BCUT2D eigenvalue weighted by atomic mass is 9.83. The van der Waals surface area contributed by atoms with E-state index in [-0.39, 0.29) is 36.0 Å². The van der Waals surface area contributed by atoms with Gasteiger partial charge < -0.3 is 25.2 Å². The highest BCUT2D eigenvalue weighted by Crippen LogP contribution is 2.24. The van der Waals surface area contributed by atoms with Crippen LogP contribution in [-0.4, -0.2) is 51.1 Å². The fourth-order valence-electron chi connectivity index (χ4n) is 2.87. The second kappa shape index (κ2) is 15.7. The van der Waals surface area contributed by atoms with Crippen LogP contribution in [0.1, 0.15) is 51.2 Å². The third-order valence-corrected chi connectivity index (χ3v) is 5.19. The van der Waals surface area contributed by atoms with Crippen LogP contribution in [0.4, 0.5) is 0 Å². The Kier molecular flexibility index (Phi) is 15.2. The van der Waals surface area contributed by atoms with Gasteiger partial charge in [-0.1, -0.05) is 26.0 Å². The van der Waals surface area contributed by atoms with Crippen molar-refractivity contribution in [2.45, 2.75) is 53.5 Å². The molecular weight excluding hydrogens is 481 g/mol. The predicted octanol–water partition coefficient (Wildman–Crippen LogP) is 3.88. The van der Waals surface area contributed by atoms with E-state index < -0.39 is 0 Å². The first-order valence-corrected chi connectivity index (χ1v) is 10.4. The van der Waals surface area contributed by atoms with Gasteiger partial charge in [-0.05, 0) is 38.3 Å². The zero-order valence-electron chi connectivity index (χ0n) is 18.7. The molecule has 0 amide bonds. The van der Waals surface area contributed by atoms with E-state index in [0.29, 0.717) is 26.3 Å². The fraction of sp³-hybridized carbons (Fsp3) is 0.682. The Morgan fingerprint density at radius 3 is 2.45 bits per heavy atom. The average molecular weight is 521 g/mol. The zero-order chi connectivity index (χ0) is 20.8. The predicted molar refractivity (Wildman–Crippen MR) is 132 cm³/mol. The molecule has 7 heteroatoms. The molecule has 0 aliphatic carbocycles. The largest absolute Gasteiger partial charge is 0.493 e. The van der Waals surface area contributed by atoms with Crippen LogP contribution < -0.4 is 15.4 Å². The van der Waals surface area contributed by atoms with Crippen LogP contribution in [0.3, 0.4) is 0 Å².